The normalized spacial score (nSPS) is 11.6. The third kappa shape index (κ3) is 4.70. The Morgan fingerprint density at radius 3 is 2.52 bits per heavy atom. The van der Waals surface area contributed by atoms with Gasteiger partial charge in [-0.25, -0.2) is 9.97 Å². The van der Waals surface area contributed by atoms with Crippen molar-refractivity contribution in [3.05, 3.63) is 56.8 Å². The van der Waals surface area contributed by atoms with Gasteiger partial charge in [0.25, 0.3) is 0 Å². The van der Waals surface area contributed by atoms with Crippen LogP contribution in [0.3, 0.4) is 0 Å². The van der Waals surface area contributed by atoms with Gasteiger partial charge in [-0.1, -0.05) is 24.3 Å². The Hall–Kier alpha value is -1.88. The quantitative estimate of drug-likeness (QED) is 0.379. The minimum absolute atomic E-state index is 0.153. The summed E-state index contributed by atoms with van der Waals surface area (Å²) in [6.45, 7) is 2.66. The zero-order chi connectivity index (χ0) is 19.6. The predicted molar refractivity (Wildman–Crippen MR) is 105 cm³/mol. The molecule has 0 atom stereocenters. The molecule has 0 unspecified atom stereocenters. The highest BCUT2D eigenvalue weighted by atomic mass is 127. The second-order valence-corrected chi connectivity index (χ2v) is 7.12. The van der Waals surface area contributed by atoms with Gasteiger partial charge in [0, 0.05) is 31.0 Å². The highest BCUT2D eigenvalue weighted by molar-refractivity contribution is 14.1. The number of rotatable bonds is 5. The van der Waals surface area contributed by atoms with E-state index in [9.17, 15) is 13.2 Å². The van der Waals surface area contributed by atoms with Crippen molar-refractivity contribution in [1.82, 2.24) is 19.5 Å². The zero-order valence-corrected chi connectivity index (χ0v) is 17.0. The van der Waals surface area contributed by atoms with Crippen molar-refractivity contribution in [2.24, 2.45) is 0 Å². The topological polar surface area (TPSA) is 55.6 Å². The van der Waals surface area contributed by atoms with Gasteiger partial charge in [0.2, 0.25) is 5.28 Å². The van der Waals surface area contributed by atoms with Crippen molar-refractivity contribution in [2.45, 2.75) is 26.2 Å². The smallest absolute Gasteiger partial charge is 0.365 e. The monoisotopic (exact) mass is 507 g/mol. The van der Waals surface area contributed by atoms with Gasteiger partial charge in [0.15, 0.2) is 5.69 Å². The Morgan fingerprint density at radius 2 is 1.89 bits per heavy atom. The molecular weight excluding hydrogens is 494 g/mol. The molecule has 0 aliphatic carbocycles. The molecule has 0 fully saturated rings. The molecule has 0 radical (unpaired) electrons. The average Bonchev–Trinajstić information content (AvgIpc) is 3.08. The summed E-state index contributed by atoms with van der Waals surface area (Å²) in [4.78, 5) is 11.8. The van der Waals surface area contributed by atoms with Crippen LogP contribution < -0.4 is 5.32 Å². The van der Waals surface area contributed by atoms with Crippen LogP contribution >= 0.6 is 34.2 Å². The predicted octanol–water partition coefficient (Wildman–Crippen LogP) is 5.25. The number of aryl methyl sites for hydroxylation is 1. The lowest BCUT2D eigenvalue weighted by Crippen LogP contribution is -2.05. The van der Waals surface area contributed by atoms with E-state index in [-0.39, 0.29) is 5.28 Å². The molecule has 1 N–H and O–H groups in total. The van der Waals surface area contributed by atoms with E-state index in [1.54, 1.807) is 25.3 Å². The van der Waals surface area contributed by atoms with Crippen molar-refractivity contribution in [2.75, 3.05) is 5.32 Å². The lowest BCUT2D eigenvalue weighted by Gasteiger charge is -2.09. The van der Waals surface area contributed by atoms with Crippen LogP contribution in [0, 0.1) is 3.57 Å². The number of alkyl halides is 3. The second kappa shape index (κ2) is 8.01. The van der Waals surface area contributed by atoms with E-state index in [0.29, 0.717) is 30.3 Å². The fourth-order valence-electron chi connectivity index (χ4n) is 2.45. The molecule has 0 saturated carbocycles. The van der Waals surface area contributed by atoms with Crippen molar-refractivity contribution in [3.63, 3.8) is 0 Å². The summed E-state index contributed by atoms with van der Waals surface area (Å²) in [6, 6.07) is 7.17. The van der Waals surface area contributed by atoms with Crippen LogP contribution in [-0.2, 0) is 19.3 Å². The molecule has 2 aromatic heterocycles. The van der Waals surface area contributed by atoms with Crippen LogP contribution in [0.5, 0.6) is 0 Å². The third-order valence-electron chi connectivity index (χ3n) is 3.79. The second-order valence-electron chi connectivity index (χ2n) is 5.62. The molecule has 142 valence electrons. The van der Waals surface area contributed by atoms with Gasteiger partial charge >= 0.3 is 6.18 Å². The van der Waals surface area contributed by atoms with Gasteiger partial charge in [-0.3, -0.25) is 0 Å². The molecular formula is C17H14ClF3IN5. The Bertz CT molecular complexity index is 941. The Balaban J connectivity index is 1.78. The van der Waals surface area contributed by atoms with E-state index < -0.39 is 11.9 Å². The number of imidazole rings is 1. The number of nitrogens with zero attached hydrogens (tertiary/aromatic N) is 4. The van der Waals surface area contributed by atoms with E-state index >= 15 is 0 Å². The van der Waals surface area contributed by atoms with E-state index in [0.717, 1.165) is 15.3 Å². The van der Waals surface area contributed by atoms with Crippen LogP contribution in [0.2, 0.25) is 5.28 Å². The van der Waals surface area contributed by atoms with Gasteiger partial charge in [0.1, 0.15) is 11.6 Å². The molecule has 0 bridgehead atoms. The van der Waals surface area contributed by atoms with Crippen LogP contribution in [0.1, 0.15) is 18.2 Å². The minimum atomic E-state index is -4.46. The van der Waals surface area contributed by atoms with E-state index in [4.69, 9.17) is 11.6 Å². The van der Waals surface area contributed by atoms with Gasteiger partial charge < -0.3 is 9.88 Å². The van der Waals surface area contributed by atoms with Gasteiger partial charge in [-0.2, -0.15) is 18.2 Å². The molecule has 3 rings (SSSR count). The van der Waals surface area contributed by atoms with Crippen molar-refractivity contribution < 1.29 is 13.2 Å². The number of benzene rings is 1. The number of aromatic nitrogens is 4. The fraction of sp³-hybridized carbons (Fsp3) is 0.235. The first-order valence-electron chi connectivity index (χ1n) is 7.93. The lowest BCUT2D eigenvalue weighted by atomic mass is 10.1. The molecule has 1 aromatic carbocycles. The Morgan fingerprint density at radius 1 is 1.19 bits per heavy atom. The maximum Gasteiger partial charge on any atom is 0.434 e. The lowest BCUT2D eigenvalue weighted by molar-refractivity contribution is -0.140. The molecule has 2 heterocycles. The molecule has 0 aliphatic heterocycles. The Labute approximate surface area is 172 Å². The summed E-state index contributed by atoms with van der Waals surface area (Å²) < 4.78 is 41.1. The summed E-state index contributed by atoms with van der Waals surface area (Å²) >= 11 is 7.89. The molecule has 5 nitrogen and oxygen atoms in total. The number of nitrogens with one attached hydrogen (secondary N) is 1. The molecule has 3 aromatic rings. The Kier molecular flexibility index (Phi) is 5.89. The number of hydrogen-bond acceptors (Lipinski definition) is 4. The molecule has 0 saturated heterocycles. The third-order valence-corrected chi connectivity index (χ3v) is 4.77. The highest BCUT2D eigenvalue weighted by Gasteiger charge is 2.34. The number of hydrogen-bond donors (Lipinski definition) is 1. The van der Waals surface area contributed by atoms with Crippen LogP contribution in [-0.4, -0.2) is 19.5 Å². The van der Waals surface area contributed by atoms with E-state index in [2.05, 4.69) is 42.9 Å². The van der Waals surface area contributed by atoms with Crippen molar-refractivity contribution in [1.29, 1.82) is 0 Å². The first-order chi connectivity index (χ1) is 12.8. The molecule has 0 amide bonds. The van der Waals surface area contributed by atoms with Crippen LogP contribution in [0.15, 0.2) is 36.7 Å². The average molecular weight is 508 g/mol. The standard InChI is InChI=1S/C17H14ClF3IN5/c1-2-27-9-13(17(19,20)21)25-15(27)11-5-3-10(4-6-11)7-23-14-12(22)8-24-16(18)26-14/h3-6,8-9H,2,7H2,1H3,(H,23,24,26). The van der Waals surface area contributed by atoms with Gasteiger partial charge in [-0.05, 0) is 46.7 Å². The molecule has 10 heteroatoms. The van der Waals surface area contributed by atoms with Crippen LogP contribution in [0.25, 0.3) is 11.4 Å². The summed E-state index contributed by atoms with van der Waals surface area (Å²) in [6.07, 6.45) is -1.81. The van der Waals surface area contributed by atoms with Crippen molar-refractivity contribution >= 4 is 40.0 Å². The van der Waals surface area contributed by atoms with E-state index in [1.807, 2.05) is 12.1 Å². The van der Waals surface area contributed by atoms with Gasteiger partial charge in [0.05, 0.1) is 3.57 Å². The minimum Gasteiger partial charge on any atom is -0.365 e. The fourth-order valence-corrected chi connectivity index (χ4v) is 3.03. The summed E-state index contributed by atoms with van der Waals surface area (Å²) in [5.74, 6) is 0.914. The SMILES string of the molecule is CCn1cc(C(F)(F)F)nc1-c1ccc(CNc2nc(Cl)ncc2I)cc1. The summed E-state index contributed by atoms with van der Waals surface area (Å²) in [7, 11) is 0. The largest absolute Gasteiger partial charge is 0.434 e. The van der Waals surface area contributed by atoms with E-state index in [1.165, 1.54) is 4.57 Å². The molecule has 0 aliphatic rings. The summed E-state index contributed by atoms with van der Waals surface area (Å²) in [5.41, 5.74) is 0.672. The maximum absolute atomic E-state index is 12.9. The van der Waals surface area contributed by atoms with Gasteiger partial charge in [-0.15, -0.1) is 0 Å². The van der Waals surface area contributed by atoms with Crippen molar-refractivity contribution in [3.8, 4) is 11.4 Å². The van der Waals surface area contributed by atoms with Crippen LogP contribution in [0.4, 0.5) is 19.0 Å². The first-order valence-corrected chi connectivity index (χ1v) is 9.39. The highest BCUT2D eigenvalue weighted by Crippen LogP contribution is 2.31. The molecule has 0 spiro atoms. The number of halogens is 5. The number of anilines is 1. The summed E-state index contributed by atoms with van der Waals surface area (Å²) in [5, 5.41) is 3.32. The molecule has 27 heavy (non-hydrogen) atoms. The first kappa shape index (κ1) is 19.9. The maximum atomic E-state index is 12.9. The zero-order valence-electron chi connectivity index (χ0n) is 14.1.